The van der Waals surface area contributed by atoms with Crippen LogP contribution in [0, 0.1) is 0 Å². The lowest BCUT2D eigenvalue weighted by molar-refractivity contribution is -0.133. The molecule has 0 aliphatic carbocycles. The van der Waals surface area contributed by atoms with Crippen LogP contribution in [0.1, 0.15) is 6.42 Å². The van der Waals surface area contributed by atoms with E-state index in [0.717, 1.165) is 0 Å². The molecule has 1 heterocycles. The summed E-state index contributed by atoms with van der Waals surface area (Å²) in [6.45, 7) is 0.473. The van der Waals surface area contributed by atoms with Crippen molar-refractivity contribution < 1.29 is 14.7 Å². The lowest BCUT2D eigenvalue weighted by Gasteiger charge is -2.19. The van der Waals surface area contributed by atoms with Crippen molar-refractivity contribution in [2.24, 2.45) is 0 Å². The van der Waals surface area contributed by atoms with Crippen molar-refractivity contribution in [1.82, 2.24) is 10.2 Å². The zero-order valence-electron chi connectivity index (χ0n) is 7.56. The number of aldehydes is 1. The predicted molar refractivity (Wildman–Crippen MR) is 46.1 cm³/mol. The first-order valence-corrected chi connectivity index (χ1v) is 4.26. The fourth-order valence-corrected chi connectivity index (χ4v) is 1.51. The number of aliphatic hydroxyl groups excluding tert-OH is 1. The Kier molecular flexibility index (Phi) is 3.39. The standard InChI is InChI=1S/C8H14N2O3/c1-9-3-8(13)10-4-7(12)2-6(10)5-11/h5-7,9,12H,2-4H2,1H3. The maximum absolute atomic E-state index is 11.4. The molecule has 0 bridgehead atoms. The largest absolute Gasteiger partial charge is 0.391 e. The third-order valence-corrected chi connectivity index (χ3v) is 2.13. The van der Waals surface area contributed by atoms with E-state index in [0.29, 0.717) is 12.7 Å². The molecule has 2 N–H and O–H groups in total. The molecule has 2 unspecified atom stereocenters. The van der Waals surface area contributed by atoms with Gasteiger partial charge >= 0.3 is 0 Å². The molecule has 0 aromatic carbocycles. The highest BCUT2D eigenvalue weighted by Gasteiger charge is 2.33. The van der Waals surface area contributed by atoms with Crippen LogP contribution in [-0.2, 0) is 9.59 Å². The van der Waals surface area contributed by atoms with Gasteiger partial charge in [-0.05, 0) is 7.05 Å². The number of carbonyl (C=O) groups excluding carboxylic acids is 2. The van der Waals surface area contributed by atoms with E-state index in [1.54, 1.807) is 7.05 Å². The van der Waals surface area contributed by atoms with Gasteiger partial charge in [0.2, 0.25) is 5.91 Å². The van der Waals surface area contributed by atoms with E-state index >= 15 is 0 Å². The number of hydrogen-bond acceptors (Lipinski definition) is 4. The van der Waals surface area contributed by atoms with Crippen LogP contribution < -0.4 is 5.32 Å². The van der Waals surface area contributed by atoms with Crippen molar-refractivity contribution in [2.45, 2.75) is 18.6 Å². The van der Waals surface area contributed by atoms with Gasteiger partial charge in [-0.1, -0.05) is 0 Å². The van der Waals surface area contributed by atoms with E-state index in [-0.39, 0.29) is 19.0 Å². The van der Waals surface area contributed by atoms with Gasteiger partial charge in [0.1, 0.15) is 6.29 Å². The summed E-state index contributed by atoms with van der Waals surface area (Å²) in [6, 6.07) is -0.448. The molecule has 13 heavy (non-hydrogen) atoms. The second-order valence-electron chi connectivity index (χ2n) is 3.17. The molecule has 0 aromatic rings. The van der Waals surface area contributed by atoms with Crippen molar-refractivity contribution in [1.29, 1.82) is 0 Å². The Balaban J connectivity index is 2.57. The van der Waals surface area contributed by atoms with Crippen LogP contribution in [0.4, 0.5) is 0 Å². The molecule has 0 spiro atoms. The van der Waals surface area contributed by atoms with Crippen LogP contribution in [0.3, 0.4) is 0 Å². The first kappa shape index (κ1) is 10.1. The molecule has 0 aromatic heterocycles. The maximum atomic E-state index is 11.4. The summed E-state index contributed by atoms with van der Waals surface area (Å²) in [5.41, 5.74) is 0. The van der Waals surface area contributed by atoms with E-state index in [1.165, 1.54) is 4.90 Å². The van der Waals surface area contributed by atoms with Crippen LogP contribution in [0.15, 0.2) is 0 Å². The second-order valence-corrected chi connectivity index (χ2v) is 3.17. The zero-order valence-corrected chi connectivity index (χ0v) is 7.56. The number of likely N-dealkylation sites (tertiary alicyclic amines) is 1. The molecule has 2 atom stereocenters. The van der Waals surface area contributed by atoms with E-state index in [4.69, 9.17) is 0 Å². The van der Waals surface area contributed by atoms with Crippen molar-refractivity contribution in [3.05, 3.63) is 0 Å². The second kappa shape index (κ2) is 4.34. The summed E-state index contributed by atoms with van der Waals surface area (Å²) in [5.74, 6) is -0.142. The molecule has 1 aliphatic rings. The Hall–Kier alpha value is -0.940. The van der Waals surface area contributed by atoms with Gasteiger partial charge in [0.05, 0.1) is 18.7 Å². The molecular weight excluding hydrogens is 172 g/mol. The molecule has 5 heteroatoms. The molecule has 1 saturated heterocycles. The van der Waals surface area contributed by atoms with Gasteiger partial charge in [-0.15, -0.1) is 0 Å². The number of nitrogens with zero attached hydrogens (tertiary/aromatic N) is 1. The van der Waals surface area contributed by atoms with Gasteiger partial charge in [0.25, 0.3) is 0 Å². The minimum Gasteiger partial charge on any atom is -0.391 e. The fourth-order valence-electron chi connectivity index (χ4n) is 1.51. The van der Waals surface area contributed by atoms with Crippen LogP contribution in [-0.4, -0.2) is 54.5 Å². The molecule has 1 aliphatic heterocycles. The van der Waals surface area contributed by atoms with Crippen LogP contribution in [0.25, 0.3) is 0 Å². The van der Waals surface area contributed by atoms with Gasteiger partial charge in [-0.25, -0.2) is 0 Å². The number of rotatable bonds is 3. The smallest absolute Gasteiger partial charge is 0.237 e. The SMILES string of the molecule is CNCC(=O)N1CC(O)CC1C=O. The van der Waals surface area contributed by atoms with E-state index in [2.05, 4.69) is 5.32 Å². The van der Waals surface area contributed by atoms with Gasteiger partial charge in [0, 0.05) is 13.0 Å². The highest BCUT2D eigenvalue weighted by Crippen LogP contribution is 2.15. The third-order valence-electron chi connectivity index (χ3n) is 2.13. The topological polar surface area (TPSA) is 69.6 Å². The van der Waals surface area contributed by atoms with E-state index in [9.17, 15) is 14.7 Å². The molecule has 1 fully saturated rings. The monoisotopic (exact) mass is 186 g/mol. The molecule has 1 amide bonds. The number of nitrogens with one attached hydrogen (secondary N) is 1. The summed E-state index contributed by atoms with van der Waals surface area (Å²) in [5, 5.41) is 12.0. The van der Waals surface area contributed by atoms with Crippen molar-refractivity contribution in [3.8, 4) is 0 Å². The van der Waals surface area contributed by atoms with E-state index in [1.807, 2.05) is 0 Å². The molecule has 5 nitrogen and oxygen atoms in total. The van der Waals surface area contributed by atoms with Crippen LogP contribution in [0.5, 0.6) is 0 Å². The lowest BCUT2D eigenvalue weighted by atomic mass is 10.2. The lowest BCUT2D eigenvalue weighted by Crippen LogP contribution is -2.41. The first-order chi connectivity index (χ1) is 6.19. The number of hydrogen-bond donors (Lipinski definition) is 2. The van der Waals surface area contributed by atoms with Crippen molar-refractivity contribution in [3.63, 3.8) is 0 Å². The summed E-state index contributed by atoms with van der Waals surface area (Å²) in [7, 11) is 1.67. The number of aliphatic hydroxyl groups is 1. The van der Waals surface area contributed by atoms with Gasteiger partial charge in [-0.3, -0.25) is 4.79 Å². The molecule has 1 rings (SSSR count). The van der Waals surface area contributed by atoms with Crippen LogP contribution in [0.2, 0.25) is 0 Å². The average molecular weight is 186 g/mol. The molecular formula is C8H14N2O3. The van der Waals surface area contributed by atoms with Crippen molar-refractivity contribution >= 4 is 12.2 Å². The van der Waals surface area contributed by atoms with E-state index < -0.39 is 12.1 Å². The first-order valence-electron chi connectivity index (χ1n) is 4.26. The van der Waals surface area contributed by atoms with Gasteiger partial charge < -0.3 is 20.1 Å². The normalized spacial score (nSPS) is 27.7. The number of carbonyl (C=O) groups is 2. The van der Waals surface area contributed by atoms with Gasteiger partial charge in [0.15, 0.2) is 0 Å². The predicted octanol–water partition coefficient (Wildman–Crippen LogP) is -1.63. The fraction of sp³-hybridized carbons (Fsp3) is 0.750. The summed E-state index contributed by atoms with van der Waals surface area (Å²) in [6.07, 6.45) is 0.513. The summed E-state index contributed by atoms with van der Waals surface area (Å²) in [4.78, 5) is 23.3. The zero-order chi connectivity index (χ0) is 9.84. The molecule has 74 valence electrons. The highest BCUT2D eigenvalue weighted by molar-refractivity contribution is 5.82. The summed E-state index contributed by atoms with van der Waals surface area (Å²) < 4.78 is 0. The Morgan fingerprint density at radius 2 is 2.46 bits per heavy atom. The van der Waals surface area contributed by atoms with Gasteiger partial charge in [-0.2, -0.15) is 0 Å². The number of β-amino-alcohol motifs (C(OH)–C–C–N with tert-alkyl or cyclic N) is 1. The van der Waals surface area contributed by atoms with Crippen molar-refractivity contribution in [2.75, 3.05) is 20.1 Å². The maximum Gasteiger partial charge on any atom is 0.237 e. The summed E-state index contributed by atoms with van der Waals surface area (Å²) >= 11 is 0. The minimum absolute atomic E-state index is 0.142. The third kappa shape index (κ3) is 2.26. The molecule has 0 radical (unpaired) electrons. The van der Waals surface area contributed by atoms with Crippen LogP contribution >= 0.6 is 0 Å². The Morgan fingerprint density at radius 1 is 1.77 bits per heavy atom. The number of likely N-dealkylation sites (N-methyl/N-ethyl adjacent to an activating group) is 1. The Labute approximate surface area is 76.7 Å². The number of amides is 1. The Morgan fingerprint density at radius 3 is 3.00 bits per heavy atom. The quantitative estimate of drug-likeness (QED) is 0.519. The Bertz CT molecular complexity index is 208. The highest BCUT2D eigenvalue weighted by atomic mass is 16.3. The average Bonchev–Trinajstić information content (AvgIpc) is 2.47. The minimum atomic E-state index is -0.559. The molecule has 0 saturated carbocycles.